The molecule has 0 spiro atoms. The summed E-state index contributed by atoms with van der Waals surface area (Å²) >= 11 is 0. The van der Waals surface area contributed by atoms with Crippen LogP contribution in [-0.4, -0.2) is 30.7 Å². The molecule has 29 heavy (non-hydrogen) atoms. The van der Waals surface area contributed by atoms with E-state index in [1.807, 2.05) is 0 Å². The third kappa shape index (κ3) is 4.12. The van der Waals surface area contributed by atoms with Crippen molar-refractivity contribution in [2.45, 2.75) is 32.1 Å². The number of hydrogen-bond donors (Lipinski definition) is 2. The van der Waals surface area contributed by atoms with Gasteiger partial charge in [0.25, 0.3) is 5.91 Å². The van der Waals surface area contributed by atoms with Crippen LogP contribution in [0.25, 0.3) is 0 Å². The van der Waals surface area contributed by atoms with Crippen molar-refractivity contribution in [2.75, 3.05) is 18.5 Å². The first-order chi connectivity index (χ1) is 14.0. The van der Waals surface area contributed by atoms with Crippen LogP contribution in [0.15, 0.2) is 44.6 Å². The highest BCUT2D eigenvalue weighted by molar-refractivity contribution is 6.14. The van der Waals surface area contributed by atoms with E-state index in [9.17, 15) is 14.4 Å². The number of anilines is 1. The minimum Gasteiger partial charge on any atom is -0.427 e. The Morgan fingerprint density at radius 2 is 2.00 bits per heavy atom. The molecule has 8 heteroatoms. The standard InChI is InChI=1S/C21H21N3O5/c1-12-9-17(13-5-7-28-8-6-13)29-21(27)19(12)20(26)22-15-4-2-3-14(10-15)16-11-18(25)24-23-16/h2-4,9-10,13H,5-8,11H2,1H3,(H,22,26)(H,24,25). The molecular formula is C21H21N3O5. The Morgan fingerprint density at radius 1 is 1.21 bits per heavy atom. The first kappa shape index (κ1) is 19.1. The molecule has 0 atom stereocenters. The van der Waals surface area contributed by atoms with E-state index in [1.165, 1.54) is 0 Å². The lowest BCUT2D eigenvalue weighted by Crippen LogP contribution is -2.24. The molecule has 8 nitrogen and oxygen atoms in total. The monoisotopic (exact) mass is 395 g/mol. The summed E-state index contributed by atoms with van der Waals surface area (Å²) in [5.74, 6) is 0.0278. The molecule has 1 aromatic heterocycles. The number of ether oxygens (including phenoxy) is 1. The van der Waals surface area contributed by atoms with E-state index in [0.717, 1.165) is 18.4 Å². The normalized spacial score (nSPS) is 17.0. The largest absolute Gasteiger partial charge is 0.427 e. The molecule has 150 valence electrons. The maximum absolute atomic E-state index is 12.7. The van der Waals surface area contributed by atoms with Crippen molar-refractivity contribution in [2.24, 2.45) is 5.10 Å². The highest BCUT2D eigenvalue weighted by Gasteiger charge is 2.23. The average molecular weight is 395 g/mol. The molecular weight excluding hydrogens is 374 g/mol. The van der Waals surface area contributed by atoms with Crippen LogP contribution in [0.3, 0.4) is 0 Å². The van der Waals surface area contributed by atoms with Crippen LogP contribution in [0.4, 0.5) is 5.69 Å². The number of carbonyl (C=O) groups is 2. The Kier molecular flexibility index (Phi) is 5.26. The molecule has 2 aromatic rings. The molecule has 0 radical (unpaired) electrons. The van der Waals surface area contributed by atoms with E-state index in [2.05, 4.69) is 15.8 Å². The SMILES string of the molecule is Cc1cc(C2CCOCC2)oc(=O)c1C(=O)Nc1cccc(C2=NNC(=O)C2)c1. The molecule has 4 rings (SSSR count). The van der Waals surface area contributed by atoms with Crippen LogP contribution in [0.1, 0.15) is 52.4 Å². The van der Waals surface area contributed by atoms with Crippen LogP contribution < -0.4 is 16.4 Å². The maximum Gasteiger partial charge on any atom is 0.349 e. The second kappa shape index (κ2) is 8.00. The molecule has 0 bridgehead atoms. The van der Waals surface area contributed by atoms with Gasteiger partial charge in [0.05, 0.1) is 12.1 Å². The number of benzene rings is 1. The zero-order chi connectivity index (χ0) is 20.4. The van der Waals surface area contributed by atoms with Gasteiger partial charge in [-0.1, -0.05) is 12.1 Å². The first-order valence-corrected chi connectivity index (χ1v) is 9.51. The zero-order valence-electron chi connectivity index (χ0n) is 16.0. The van der Waals surface area contributed by atoms with Gasteiger partial charge >= 0.3 is 5.63 Å². The Bertz CT molecular complexity index is 1050. The topological polar surface area (TPSA) is 110 Å². The van der Waals surface area contributed by atoms with Crippen molar-refractivity contribution in [3.05, 3.63) is 63.2 Å². The smallest absolute Gasteiger partial charge is 0.349 e. The van der Waals surface area contributed by atoms with Gasteiger partial charge in [-0.2, -0.15) is 5.10 Å². The van der Waals surface area contributed by atoms with Gasteiger partial charge in [-0.25, -0.2) is 10.2 Å². The third-order valence-corrected chi connectivity index (χ3v) is 5.12. The minimum absolute atomic E-state index is 0.0127. The molecule has 0 unspecified atom stereocenters. The highest BCUT2D eigenvalue weighted by atomic mass is 16.5. The summed E-state index contributed by atoms with van der Waals surface area (Å²) in [5, 5.41) is 6.71. The number of aryl methyl sites for hydroxylation is 1. The Hall–Kier alpha value is -3.26. The molecule has 1 saturated heterocycles. The van der Waals surface area contributed by atoms with Crippen molar-refractivity contribution >= 4 is 23.2 Å². The van der Waals surface area contributed by atoms with Crippen molar-refractivity contribution in [1.29, 1.82) is 0 Å². The Balaban J connectivity index is 1.54. The van der Waals surface area contributed by atoms with Crippen LogP contribution in [-0.2, 0) is 9.53 Å². The molecule has 1 fully saturated rings. The molecule has 3 heterocycles. The van der Waals surface area contributed by atoms with Gasteiger partial charge in [0.1, 0.15) is 11.3 Å². The fraction of sp³-hybridized carbons (Fsp3) is 0.333. The van der Waals surface area contributed by atoms with Crippen LogP contribution >= 0.6 is 0 Å². The summed E-state index contributed by atoms with van der Waals surface area (Å²) < 4.78 is 10.8. The van der Waals surface area contributed by atoms with Crippen molar-refractivity contribution < 1.29 is 18.7 Å². The number of carbonyl (C=O) groups excluding carboxylic acids is 2. The molecule has 2 N–H and O–H groups in total. The summed E-state index contributed by atoms with van der Waals surface area (Å²) in [6.45, 7) is 3.01. The number of nitrogens with zero attached hydrogens (tertiary/aromatic N) is 1. The van der Waals surface area contributed by atoms with Gasteiger partial charge in [0.2, 0.25) is 5.91 Å². The number of amides is 2. The summed E-state index contributed by atoms with van der Waals surface area (Å²) in [6, 6.07) is 8.74. The van der Waals surface area contributed by atoms with Gasteiger partial charge in [-0.15, -0.1) is 0 Å². The fourth-order valence-electron chi connectivity index (χ4n) is 3.59. The number of hydrazone groups is 1. The second-order valence-electron chi connectivity index (χ2n) is 7.19. The predicted molar refractivity (Wildman–Crippen MR) is 106 cm³/mol. The van der Waals surface area contributed by atoms with E-state index in [1.54, 1.807) is 37.3 Å². The van der Waals surface area contributed by atoms with Crippen molar-refractivity contribution in [3.8, 4) is 0 Å². The van der Waals surface area contributed by atoms with Crippen molar-refractivity contribution in [1.82, 2.24) is 5.43 Å². The summed E-state index contributed by atoms with van der Waals surface area (Å²) in [7, 11) is 0. The maximum atomic E-state index is 12.7. The van der Waals surface area contributed by atoms with E-state index >= 15 is 0 Å². The number of hydrogen-bond acceptors (Lipinski definition) is 6. The average Bonchev–Trinajstić information content (AvgIpc) is 3.15. The zero-order valence-corrected chi connectivity index (χ0v) is 16.0. The molecule has 0 aliphatic carbocycles. The summed E-state index contributed by atoms with van der Waals surface area (Å²) in [4.78, 5) is 36.6. The summed E-state index contributed by atoms with van der Waals surface area (Å²) in [5.41, 5.74) is 4.14. The van der Waals surface area contributed by atoms with E-state index in [0.29, 0.717) is 35.9 Å². The second-order valence-corrected chi connectivity index (χ2v) is 7.19. The molecule has 2 aliphatic heterocycles. The van der Waals surface area contributed by atoms with E-state index < -0.39 is 11.5 Å². The quantitative estimate of drug-likeness (QED) is 0.826. The summed E-state index contributed by atoms with van der Waals surface area (Å²) in [6.07, 6.45) is 1.78. The van der Waals surface area contributed by atoms with Crippen LogP contribution in [0.2, 0.25) is 0 Å². The molecule has 0 saturated carbocycles. The lowest BCUT2D eigenvalue weighted by atomic mass is 9.95. The number of nitrogens with one attached hydrogen (secondary N) is 2. The van der Waals surface area contributed by atoms with Crippen LogP contribution in [0, 0.1) is 6.92 Å². The van der Waals surface area contributed by atoms with Gasteiger partial charge in [0.15, 0.2) is 0 Å². The third-order valence-electron chi connectivity index (χ3n) is 5.12. The molecule has 2 aliphatic rings. The predicted octanol–water partition coefficient (Wildman–Crippen LogP) is 2.32. The van der Waals surface area contributed by atoms with Gasteiger partial charge in [-0.05, 0) is 43.5 Å². The van der Waals surface area contributed by atoms with Gasteiger partial charge in [0, 0.05) is 30.4 Å². The Labute approximate surface area is 166 Å². The molecule has 1 aromatic carbocycles. The van der Waals surface area contributed by atoms with Crippen LogP contribution in [0.5, 0.6) is 0 Å². The van der Waals surface area contributed by atoms with Crippen molar-refractivity contribution in [3.63, 3.8) is 0 Å². The highest BCUT2D eigenvalue weighted by Crippen LogP contribution is 2.27. The first-order valence-electron chi connectivity index (χ1n) is 9.51. The number of rotatable bonds is 4. The Morgan fingerprint density at radius 3 is 2.69 bits per heavy atom. The lowest BCUT2D eigenvalue weighted by Gasteiger charge is -2.21. The van der Waals surface area contributed by atoms with E-state index in [4.69, 9.17) is 9.15 Å². The lowest BCUT2D eigenvalue weighted by molar-refractivity contribution is -0.119. The molecule has 2 amide bonds. The van der Waals surface area contributed by atoms with Gasteiger partial charge in [-0.3, -0.25) is 9.59 Å². The van der Waals surface area contributed by atoms with E-state index in [-0.39, 0.29) is 23.8 Å². The minimum atomic E-state index is -0.643. The van der Waals surface area contributed by atoms with Gasteiger partial charge < -0.3 is 14.5 Å². The fourth-order valence-corrected chi connectivity index (χ4v) is 3.59.